The van der Waals surface area contributed by atoms with E-state index in [1.807, 2.05) is 13.0 Å². The standard InChI is InChI=1S/C15H13ClF3NO/c1-9-4-11(7-13(16)5-9)10-2-3-14(12(6-10)8-20)21-15(17,18)19/h2-7H,8,20H2,1H3. The Bertz CT molecular complexity index is 636. The zero-order valence-electron chi connectivity index (χ0n) is 11.2. The van der Waals surface area contributed by atoms with Crippen LogP contribution in [-0.2, 0) is 6.54 Å². The van der Waals surface area contributed by atoms with E-state index in [4.69, 9.17) is 17.3 Å². The lowest BCUT2D eigenvalue weighted by Crippen LogP contribution is -2.18. The molecule has 2 N–H and O–H groups in total. The summed E-state index contributed by atoms with van der Waals surface area (Å²) in [6.45, 7) is 1.83. The molecule has 0 atom stereocenters. The van der Waals surface area contributed by atoms with E-state index in [9.17, 15) is 13.2 Å². The third-order valence-electron chi connectivity index (χ3n) is 2.88. The van der Waals surface area contributed by atoms with E-state index in [1.165, 1.54) is 6.07 Å². The molecule has 0 bridgehead atoms. The van der Waals surface area contributed by atoms with Gasteiger partial charge in [0.05, 0.1) is 0 Å². The van der Waals surface area contributed by atoms with E-state index in [-0.39, 0.29) is 17.9 Å². The van der Waals surface area contributed by atoms with Gasteiger partial charge in [0.2, 0.25) is 0 Å². The number of hydrogen-bond donors (Lipinski definition) is 1. The molecule has 0 unspecified atom stereocenters. The molecule has 0 saturated heterocycles. The van der Waals surface area contributed by atoms with Crippen molar-refractivity contribution >= 4 is 11.6 Å². The van der Waals surface area contributed by atoms with Crippen molar-refractivity contribution in [3.63, 3.8) is 0 Å². The fourth-order valence-electron chi connectivity index (χ4n) is 2.05. The van der Waals surface area contributed by atoms with Crippen LogP contribution in [0.25, 0.3) is 11.1 Å². The van der Waals surface area contributed by atoms with Crippen LogP contribution in [0.4, 0.5) is 13.2 Å². The first kappa shape index (κ1) is 15.7. The molecule has 2 nitrogen and oxygen atoms in total. The summed E-state index contributed by atoms with van der Waals surface area (Å²) in [5.74, 6) is -0.285. The third-order valence-corrected chi connectivity index (χ3v) is 3.10. The highest BCUT2D eigenvalue weighted by atomic mass is 35.5. The average molecular weight is 316 g/mol. The lowest BCUT2D eigenvalue weighted by Gasteiger charge is -2.14. The summed E-state index contributed by atoms with van der Waals surface area (Å²) in [5.41, 5.74) is 8.29. The number of ether oxygens (including phenoxy) is 1. The SMILES string of the molecule is Cc1cc(Cl)cc(-c2ccc(OC(F)(F)F)c(CN)c2)c1. The molecule has 0 fully saturated rings. The van der Waals surface area contributed by atoms with Gasteiger partial charge in [-0.3, -0.25) is 0 Å². The number of alkyl halides is 3. The van der Waals surface area contributed by atoms with Crippen LogP contribution in [-0.4, -0.2) is 6.36 Å². The van der Waals surface area contributed by atoms with Crippen LogP contribution in [0, 0.1) is 6.92 Å². The van der Waals surface area contributed by atoms with Gasteiger partial charge in [0.1, 0.15) is 5.75 Å². The summed E-state index contributed by atoms with van der Waals surface area (Å²) in [7, 11) is 0. The second-order valence-corrected chi connectivity index (χ2v) is 5.03. The molecule has 2 rings (SSSR count). The number of nitrogens with two attached hydrogens (primary N) is 1. The van der Waals surface area contributed by atoms with Gasteiger partial charge < -0.3 is 10.5 Å². The predicted molar refractivity (Wildman–Crippen MR) is 76.2 cm³/mol. The largest absolute Gasteiger partial charge is 0.573 e. The summed E-state index contributed by atoms with van der Waals surface area (Å²) < 4.78 is 40.9. The van der Waals surface area contributed by atoms with Crippen molar-refractivity contribution in [2.24, 2.45) is 5.73 Å². The third kappa shape index (κ3) is 4.12. The van der Waals surface area contributed by atoms with Crippen LogP contribution in [0.5, 0.6) is 5.75 Å². The number of hydrogen-bond acceptors (Lipinski definition) is 2. The van der Waals surface area contributed by atoms with E-state index in [0.29, 0.717) is 5.02 Å². The predicted octanol–water partition coefficient (Wildman–Crippen LogP) is 4.67. The number of aryl methyl sites for hydroxylation is 1. The summed E-state index contributed by atoms with van der Waals surface area (Å²) in [5, 5.41) is 0.565. The van der Waals surface area contributed by atoms with Crippen LogP contribution in [0.3, 0.4) is 0 Å². The molecule has 0 aliphatic heterocycles. The van der Waals surface area contributed by atoms with Gasteiger partial charge in [-0.05, 0) is 47.9 Å². The molecule has 0 spiro atoms. The monoisotopic (exact) mass is 315 g/mol. The van der Waals surface area contributed by atoms with Crippen LogP contribution in [0.1, 0.15) is 11.1 Å². The average Bonchev–Trinajstić information content (AvgIpc) is 2.36. The normalized spacial score (nSPS) is 11.5. The number of benzene rings is 2. The zero-order chi connectivity index (χ0) is 15.6. The van der Waals surface area contributed by atoms with Crippen molar-refractivity contribution in [3.8, 4) is 16.9 Å². The molecule has 0 aliphatic carbocycles. The molecule has 6 heteroatoms. The molecule has 0 aromatic heterocycles. The number of halogens is 4. The van der Waals surface area contributed by atoms with Crippen LogP contribution in [0.2, 0.25) is 5.02 Å². The van der Waals surface area contributed by atoms with Gasteiger partial charge >= 0.3 is 6.36 Å². The molecular formula is C15H13ClF3NO. The maximum absolute atomic E-state index is 12.3. The maximum atomic E-state index is 12.3. The van der Waals surface area contributed by atoms with Crippen LogP contribution >= 0.6 is 11.6 Å². The van der Waals surface area contributed by atoms with Gasteiger partial charge in [-0.1, -0.05) is 23.7 Å². The maximum Gasteiger partial charge on any atom is 0.573 e. The highest BCUT2D eigenvalue weighted by Crippen LogP contribution is 2.31. The van der Waals surface area contributed by atoms with Gasteiger partial charge in [-0.15, -0.1) is 13.2 Å². The molecule has 0 heterocycles. The minimum Gasteiger partial charge on any atom is -0.405 e. The van der Waals surface area contributed by atoms with E-state index in [1.54, 1.807) is 24.3 Å². The fraction of sp³-hybridized carbons (Fsp3) is 0.200. The van der Waals surface area contributed by atoms with Crippen molar-refractivity contribution in [2.45, 2.75) is 19.8 Å². The van der Waals surface area contributed by atoms with Gasteiger partial charge in [0, 0.05) is 17.1 Å². The van der Waals surface area contributed by atoms with E-state index < -0.39 is 6.36 Å². The minimum atomic E-state index is -4.74. The Hall–Kier alpha value is -1.72. The Morgan fingerprint density at radius 1 is 1.10 bits per heavy atom. The van der Waals surface area contributed by atoms with Gasteiger partial charge in [-0.25, -0.2) is 0 Å². The molecule has 21 heavy (non-hydrogen) atoms. The van der Waals surface area contributed by atoms with Gasteiger partial charge in [0.25, 0.3) is 0 Å². The second kappa shape index (κ2) is 5.95. The Morgan fingerprint density at radius 3 is 2.38 bits per heavy atom. The molecule has 112 valence electrons. The van der Waals surface area contributed by atoms with Crippen LogP contribution < -0.4 is 10.5 Å². The van der Waals surface area contributed by atoms with Crippen LogP contribution in [0.15, 0.2) is 36.4 Å². The smallest absolute Gasteiger partial charge is 0.405 e. The van der Waals surface area contributed by atoms with E-state index in [2.05, 4.69) is 4.74 Å². The quantitative estimate of drug-likeness (QED) is 0.893. The fourth-order valence-corrected chi connectivity index (χ4v) is 2.34. The topological polar surface area (TPSA) is 35.2 Å². The summed E-state index contributed by atoms with van der Waals surface area (Å²) in [6.07, 6.45) is -4.74. The number of rotatable bonds is 3. The van der Waals surface area contributed by atoms with Gasteiger partial charge in [-0.2, -0.15) is 0 Å². The second-order valence-electron chi connectivity index (χ2n) is 4.59. The first-order valence-electron chi connectivity index (χ1n) is 6.15. The van der Waals surface area contributed by atoms with Crippen molar-refractivity contribution in [1.29, 1.82) is 0 Å². The summed E-state index contributed by atoms with van der Waals surface area (Å²) in [4.78, 5) is 0. The summed E-state index contributed by atoms with van der Waals surface area (Å²) in [6, 6.07) is 9.83. The first-order valence-corrected chi connectivity index (χ1v) is 6.52. The van der Waals surface area contributed by atoms with Crippen molar-refractivity contribution in [2.75, 3.05) is 0 Å². The molecular weight excluding hydrogens is 303 g/mol. The molecule has 0 amide bonds. The lowest BCUT2D eigenvalue weighted by atomic mass is 10.0. The van der Waals surface area contributed by atoms with E-state index in [0.717, 1.165) is 16.7 Å². The Morgan fingerprint density at radius 2 is 1.81 bits per heavy atom. The minimum absolute atomic E-state index is 0.0567. The Kier molecular flexibility index (Phi) is 4.44. The molecule has 2 aromatic carbocycles. The van der Waals surface area contributed by atoms with Crippen molar-refractivity contribution in [3.05, 3.63) is 52.5 Å². The first-order chi connectivity index (χ1) is 9.78. The molecule has 0 saturated carbocycles. The van der Waals surface area contributed by atoms with Crippen molar-refractivity contribution < 1.29 is 17.9 Å². The highest BCUT2D eigenvalue weighted by Gasteiger charge is 2.32. The molecule has 2 aromatic rings. The lowest BCUT2D eigenvalue weighted by molar-refractivity contribution is -0.274. The zero-order valence-corrected chi connectivity index (χ0v) is 11.9. The van der Waals surface area contributed by atoms with Gasteiger partial charge in [0.15, 0.2) is 0 Å². The van der Waals surface area contributed by atoms with Crippen molar-refractivity contribution in [1.82, 2.24) is 0 Å². The Balaban J connectivity index is 2.43. The molecule has 0 aliphatic rings. The molecule has 0 radical (unpaired) electrons. The summed E-state index contributed by atoms with van der Waals surface area (Å²) >= 11 is 5.99. The Labute approximate surface area is 125 Å². The van der Waals surface area contributed by atoms with E-state index >= 15 is 0 Å². The highest BCUT2D eigenvalue weighted by molar-refractivity contribution is 6.30.